The van der Waals surface area contributed by atoms with Crippen LogP contribution in [0.5, 0.6) is 0 Å². The standard InChI is InChI=1S/C7H11N3O3/c11-5-8-9-6(12)10(5)4-7(13)2-1-3-7/h13H,1-4H2,(H,8,11)(H,9,12). The summed E-state index contributed by atoms with van der Waals surface area (Å²) in [5, 5.41) is 14.0. The minimum atomic E-state index is -0.848. The van der Waals surface area contributed by atoms with Crippen LogP contribution in [0, 0.1) is 0 Å². The molecule has 72 valence electrons. The Morgan fingerprint density at radius 3 is 2.23 bits per heavy atom. The molecule has 1 aliphatic carbocycles. The predicted molar refractivity (Wildman–Crippen MR) is 44.5 cm³/mol. The molecule has 6 nitrogen and oxygen atoms in total. The normalized spacial score (nSPS) is 19.8. The Morgan fingerprint density at radius 1 is 1.31 bits per heavy atom. The Bertz CT molecular complexity index is 382. The van der Waals surface area contributed by atoms with Crippen molar-refractivity contribution < 1.29 is 5.11 Å². The van der Waals surface area contributed by atoms with E-state index in [9.17, 15) is 14.7 Å². The lowest BCUT2D eigenvalue weighted by Crippen LogP contribution is -2.45. The molecule has 1 aliphatic rings. The van der Waals surface area contributed by atoms with Crippen LogP contribution in [0.3, 0.4) is 0 Å². The van der Waals surface area contributed by atoms with E-state index < -0.39 is 17.0 Å². The van der Waals surface area contributed by atoms with Gasteiger partial charge in [0.2, 0.25) is 0 Å². The van der Waals surface area contributed by atoms with E-state index in [1.807, 2.05) is 0 Å². The number of nitrogens with one attached hydrogen (secondary N) is 2. The van der Waals surface area contributed by atoms with Crippen molar-refractivity contribution in [3.63, 3.8) is 0 Å². The van der Waals surface area contributed by atoms with Crippen LogP contribution >= 0.6 is 0 Å². The third-order valence-electron chi connectivity index (χ3n) is 2.50. The number of aromatic nitrogens is 3. The number of nitrogens with zero attached hydrogens (tertiary/aromatic N) is 1. The van der Waals surface area contributed by atoms with Gasteiger partial charge in [-0.25, -0.2) is 24.4 Å². The van der Waals surface area contributed by atoms with Gasteiger partial charge in [0.25, 0.3) is 0 Å². The van der Waals surface area contributed by atoms with Crippen molar-refractivity contribution in [3.8, 4) is 0 Å². The summed E-state index contributed by atoms with van der Waals surface area (Å²) in [7, 11) is 0. The highest BCUT2D eigenvalue weighted by Crippen LogP contribution is 2.32. The summed E-state index contributed by atoms with van der Waals surface area (Å²) in [6.45, 7) is 0.0880. The second-order valence-corrected chi connectivity index (χ2v) is 3.52. The summed E-state index contributed by atoms with van der Waals surface area (Å²) < 4.78 is 0.985. The first-order valence-electron chi connectivity index (χ1n) is 4.21. The lowest BCUT2D eigenvalue weighted by molar-refractivity contribution is -0.0486. The molecule has 2 rings (SSSR count). The number of aliphatic hydroxyl groups is 1. The Morgan fingerprint density at radius 2 is 1.85 bits per heavy atom. The zero-order valence-electron chi connectivity index (χ0n) is 7.04. The van der Waals surface area contributed by atoms with Gasteiger partial charge in [-0.15, -0.1) is 0 Å². The van der Waals surface area contributed by atoms with Gasteiger partial charge < -0.3 is 5.11 Å². The van der Waals surface area contributed by atoms with Crippen LogP contribution in [0.25, 0.3) is 0 Å². The van der Waals surface area contributed by atoms with Gasteiger partial charge in [0, 0.05) is 0 Å². The summed E-state index contributed by atoms with van der Waals surface area (Å²) in [6, 6.07) is 0. The molecule has 0 aliphatic heterocycles. The molecule has 0 saturated heterocycles. The van der Waals surface area contributed by atoms with Crippen LogP contribution in [0.4, 0.5) is 0 Å². The maximum Gasteiger partial charge on any atom is 0.344 e. The average Bonchev–Trinajstić information content (AvgIpc) is 2.33. The highest BCUT2D eigenvalue weighted by Gasteiger charge is 2.35. The van der Waals surface area contributed by atoms with Gasteiger partial charge in [0.05, 0.1) is 12.1 Å². The molecule has 0 spiro atoms. The average molecular weight is 185 g/mol. The lowest BCUT2D eigenvalue weighted by atomic mass is 9.80. The van der Waals surface area contributed by atoms with Gasteiger partial charge in [-0.3, -0.25) is 0 Å². The quantitative estimate of drug-likeness (QED) is 0.539. The molecular weight excluding hydrogens is 174 g/mol. The van der Waals surface area contributed by atoms with E-state index in [2.05, 4.69) is 10.2 Å². The fourth-order valence-corrected chi connectivity index (χ4v) is 1.52. The number of hydrogen-bond donors (Lipinski definition) is 3. The molecule has 0 unspecified atom stereocenters. The molecule has 13 heavy (non-hydrogen) atoms. The molecule has 1 saturated carbocycles. The molecule has 1 fully saturated rings. The highest BCUT2D eigenvalue weighted by atomic mass is 16.3. The van der Waals surface area contributed by atoms with Crippen molar-refractivity contribution in [2.24, 2.45) is 0 Å². The van der Waals surface area contributed by atoms with E-state index >= 15 is 0 Å². The van der Waals surface area contributed by atoms with Gasteiger partial charge >= 0.3 is 11.4 Å². The maximum absolute atomic E-state index is 11.0. The van der Waals surface area contributed by atoms with Crippen molar-refractivity contribution in [2.75, 3.05) is 0 Å². The third kappa shape index (κ3) is 1.33. The lowest BCUT2D eigenvalue weighted by Gasteiger charge is -2.35. The summed E-state index contributed by atoms with van der Waals surface area (Å²) in [6.07, 6.45) is 2.27. The summed E-state index contributed by atoms with van der Waals surface area (Å²) in [5.41, 5.74) is -1.84. The van der Waals surface area contributed by atoms with Gasteiger partial charge in [0.1, 0.15) is 0 Å². The molecule has 0 bridgehead atoms. The van der Waals surface area contributed by atoms with Crippen molar-refractivity contribution >= 4 is 0 Å². The Labute approximate surface area is 73.2 Å². The Kier molecular flexibility index (Phi) is 1.66. The largest absolute Gasteiger partial charge is 0.388 e. The second-order valence-electron chi connectivity index (χ2n) is 3.52. The smallest absolute Gasteiger partial charge is 0.344 e. The van der Waals surface area contributed by atoms with E-state index in [1.54, 1.807) is 0 Å². The molecule has 0 atom stereocenters. The van der Waals surface area contributed by atoms with Crippen molar-refractivity contribution in [1.29, 1.82) is 0 Å². The van der Waals surface area contributed by atoms with Crippen LogP contribution in [0.2, 0.25) is 0 Å². The second kappa shape index (κ2) is 2.59. The van der Waals surface area contributed by atoms with E-state index in [0.717, 1.165) is 11.0 Å². The van der Waals surface area contributed by atoms with Gasteiger partial charge in [-0.1, -0.05) is 0 Å². The van der Waals surface area contributed by atoms with Gasteiger partial charge in [0.15, 0.2) is 0 Å². The van der Waals surface area contributed by atoms with Crippen molar-refractivity contribution in [3.05, 3.63) is 21.0 Å². The third-order valence-corrected chi connectivity index (χ3v) is 2.50. The molecular formula is C7H11N3O3. The minimum absolute atomic E-state index is 0.0880. The maximum atomic E-state index is 11.0. The first kappa shape index (κ1) is 8.31. The number of rotatable bonds is 2. The van der Waals surface area contributed by atoms with E-state index in [4.69, 9.17) is 0 Å². The molecule has 1 heterocycles. The molecule has 1 aromatic heterocycles. The van der Waals surface area contributed by atoms with Crippen LogP contribution in [0.15, 0.2) is 9.59 Å². The molecule has 6 heteroatoms. The zero-order valence-corrected chi connectivity index (χ0v) is 7.04. The van der Waals surface area contributed by atoms with E-state index in [-0.39, 0.29) is 6.54 Å². The minimum Gasteiger partial charge on any atom is -0.388 e. The number of H-pyrrole nitrogens is 2. The first-order valence-corrected chi connectivity index (χ1v) is 4.21. The van der Waals surface area contributed by atoms with Crippen LogP contribution in [0.1, 0.15) is 19.3 Å². The first-order chi connectivity index (χ1) is 6.11. The summed E-state index contributed by atoms with van der Waals surface area (Å²) in [5.74, 6) is 0. The fourth-order valence-electron chi connectivity index (χ4n) is 1.52. The monoisotopic (exact) mass is 185 g/mol. The highest BCUT2D eigenvalue weighted by molar-refractivity contribution is 4.88. The number of hydrogen-bond acceptors (Lipinski definition) is 3. The topological polar surface area (TPSA) is 90.9 Å². The van der Waals surface area contributed by atoms with Gasteiger partial charge in [-0.2, -0.15) is 0 Å². The van der Waals surface area contributed by atoms with Crippen LogP contribution in [-0.4, -0.2) is 25.5 Å². The van der Waals surface area contributed by atoms with Crippen molar-refractivity contribution in [1.82, 2.24) is 14.8 Å². The SMILES string of the molecule is O=c1[nH][nH]c(=O)n1CC1(O)CCC1. The molecule has 0 aromatic carbocycles. The molecule has 0 radical (unpaired) electrons. The summed E-state index contributed by atoms with van der Waals surface area (Å²) in [4.78, 5) is 22.0. The van der Waals surface area contributed by atoms with E-state index in [0.29, 0.717) is 12.8 Å². The summed E-state index contributed by atoms with van der Waals surface area (Å²) >= 11 is 0. The van der Waals surface area contributed by atoms with E-state index in [1.165, 1.54) is 0 Å². The molecule has 3 N–H and O–H groups in total. The van der Waals surface area contributed by atoms with Gasteiger partial charge in [-0.05, 0) is 19.3 Å². The Balaban J connectivity index is 2.27. The van der Waals surface area contributed by atoms with Crippen LogP contribution in [-0.2, 0) is 6.54 Å². The number of aromatic amines is 2. The van der Waals surface area contributed by atoms with Crippen molar-refractivity contribution in [2.45, 2.75) is 31.4 Å². The zero-order chi connectivity index (χ0) is 9.47. The molecule has 1 aromatic rings. The Hall–Kier alpha value is -1.30. The predicted octanol–water partition coefficient (Wildman–Crippen LogP) is -1.22. The molecule has 0 amide bonds. The fraction of sp³-hybridized carbons (Fsp3) is 0.714. The van der Waals surface area contributed by atoms with Crippen LogP contribution < -0.4 is 11.4 Å².